The van der Waals surface area contributed by atoms with E-state index in [0.29, 0.717) is 10.2 Å². The number of carbonyl (C=O) groups excluding carboxylic acids is 1. The van der Waals surface area contributed by atoms with Crippen molar-refractivity contribution in [1.82, 2.24) is 4.98 Å². The van der Waals surface area contributed by atoms with Crippen LogP contribution in [0.5, 0.6) is 0 Å². The molecule has 0 saturated carbocycles. The summed E-state index contributed by atoms with van der Waals surface area (Å²) in [6.07, 6.45) is -6.07. The summed E-state index contributed by atoms with van der Waals surface area (Å²) < 4.78 is 42.7. The van der Waals surface area contributed by atoms with Gasteiger partial charge in [-0.25, -0.2) is 4.98 Å². The second-order valence-electron chi connectivity index (χ2n) is 6.02. The number of hydrogen-bond donors (Lipinski definition) is 0. The van der Waals surface area contributed by atoms with Gasteiger partial charge >= 0.3 is 6.18 Å². The first-order valence-electron chi connectivity index (χ1n) is 7.86. The second kappa shape index (κ2) is 7.07. The lowest BCUT2D eigenvalue weighted by molar-refractivity contribution is -0.501. The highest BCUT2D eigenvalue weighted by atomic mass is 32.1. The summed E-state index contributed by atoms with van der Waals surface area (Å²) in [4.78, 5) is 26.8. The van der Waals surface area contributed by atoms with Crippen molar-refractivity contribution in [3.05, 3.63) is 75.3 Å². The Kier molecular flexibility index (Phi) is 4.97. The number of para-hydroxylation sites is 1. The van der Waals surface area contributed by atoms with Crippen LogP contribution in [0, 0.1) is 10.1 Å². The fourth-order valence-electron chi connectivity index (χ4n) is 2.92. The quantitative estimate of drug-likeness (QED) is 0.347. The topological polar surface area (TPSA) is 73.1 Å². The lowest BCUT2D eigenvalue weighted by atomic mass is 9.75. The summed E-state index contributed by atoms with van der Waals surface area (Å²) in [6, 6.07) is 13.3. The van der Waals surface area contributed by atoms with Crippen LogP contribution in [0.25, 0.3) is 10.2 Å². The molecule has 3 aromatic rings. The van der Waals surface area contributed by atoms with Gasteiger partial charge in [0.1, 0.15) is 0 Å². The number of hydrogen-bond acceptors (Lipinski definition) is 5. The third-order valence-corrected chi connectivity index (χ3v) is 5.34. The Morgan fingerprint density at radius 3 is 2.30 bits per heavy atom. The van der Waals surface area contributed by atoms with E-state index in [1.54, 1.807) is 24.3 Å². The molecule has 0 bridgehead atoms. The Morgan fingerprint density at radius 2 is 1.70 bits per heavy atom. The Morgan fingerprint density at radius 1 is 1.07 bits per heavy atom. The first-order valence-corrected chi connectivity index (χ1v) is 8.67. The van der Waals surface area contributed by atoms with Gasteiger partial charge in [0.05, 0.1) is 10.2 Å². The molecule has 0 fully saturated rings. The fraction of sp³-hybridized carbons (Fsp3) is 0.222. The number of aromatic nitrogens is 1. The van der Waals surface area contributed by atoms with Crippen LogP contribution in [0.4, 0.5) is 13.2 Å². The van der Waals surface area contributed by atoms with Crippen molar-refractivity contribution in [3.8, 4) is 0 Å². The SMILES string of the molecule is O=C(C[C@@](C[N+](=O)[O-])(c1ccccc1)C(F)(F)F)c1nc2ccccc2s1. The van der Waals surface area contributed by atoms with Gasteiger partial charge in [0.2, 0.25) is 6.54 Å². The molecule has 27 heavy (non-hydrogen) atoms. The summed E-state index contributed by atoms with van der Waals surface area (Å²) in [5.74, 6) is -0.876. The molecule has 3 rings (SSSR count). The molecule has 140 valence electrons. The minimum absolute atomic E-state index is 0.0934. The summed E-state index contributed by atoms with van der Waals surface area (Å²) in [5, 5.41) is 11.0. The van der Waals surface area contributed by atoms with E-state index in [-0.39, 0.29) is 10.6 Å². The average molecular weight is 394 g/mol. The number of nitrogens with zero attached hydrogens (tertiary/aromatic N) is 2. The smallest absolute Gasteiger partial charge is 0.291 e. The van der Waals surface area contributed by atoms with Crippen molar-refractivity contribution in [2.24, 2.45) is 0 Å². The largest absolute Gasteiger partial charge is 0.405 e. The molecule has 1 atom stereocenters. The van der Waals surface area contributed by atoms with E-state index in [4.69, 9.17) is 0 Å². The van der Waals surface area contributed by atoms with Gasteiger partial charge in [-0.3, -0.25) is 14.9 Å². The normalized spacial score (nSPS) is 14.0. The molecule has 0 spiro atoms. The van der Waals surface area contributed by atoms with Crippen LogP contribution < -0.4 is 0 Å². The van der Waals surface area contributed by atoms with Crippen molar-refractivity contribution in [2.45, 2.75) is 18.0 Å². The number of fused-ring (bicyclic) bond motifs is 1. The van der Waals surface area contributed by atoms with E-state index in [1.807, 2.05) is 0 Å². The number of nitro groups is 1. The zero-order valence-corrected chi connectivity index (χ0v) is 14.6. The van der Waals surface area contributed by atoms with Crippen molar-refractivity contribution in [2.75, 3.05) is 6.54 Å². The van der Waals surface area contributed by atoms with Gasteiger partial charge in [-0.15, -0.1) is 11.3 Å². The van der Waals surface area contributed by atoms with Crippen LogP contribution in [-0.4, -0.2) is 28.4 Å². The van der Waals surface area contributed by atoms with E-state index in [1.165, 1.54) is 18.2 Å². The molecule has 5 nitrogen and oxygen atoms in total. The van der Waals surface area contributed by atoms with Crippen molar-refractivity contribution in [1.29, 1.82) is 0 Å². The lowest BCUT2D eigenvalue weighted by Gasteiger charge is -2.32. The van der Waals surface area contributed by atoms with E-state index in [9.17, 15) is 28.1 Å². The molecule has 0 N–H and O–H groups in total. The van der Waals surface area contributed by atoms with Crippen LogP contribution in [0.15, 0.2) is 54.6 Å². The van der Waals surface area contributed by atoms with E-state index < -0.39 is 35.3 Å². The van der Waals surface area contributed by atoms with Gasteiger partial charge in [0.25, 0.3) is 0 Å². The van der Waals surface area contributed by atoms with Crippen LogP contribution in [0.3, 0.4) is 0 Å². The van der Waals surface area contributed by atoms with Gasteiger partial charge in [-0.2, -0.15) is 13.2 Å². The lowest BCUT2D eigenvalue weighted by Crippen LogP contribution is -2.49. The molecule has 0 aliphatic heterocycles. The monoisotopic (exact) mass is 394 g/mol. The number of carbonyl (C=O) groups is 1. The maximum atomic E-state index is 14.0. The molecule has 1 heterocycles. The molecule has 0 radical (unpaired) electrons. The first-order chi connectivity index (χ1) is 12.7. The predicted octanol–water partition coefficient (Wildman–Crippen LogP) is 4.65. The van der Waals surface area contributed by atoms with E-state index in [2.05, 4.69) is 4.98 Å². The molecule has 0 unspecified atom stereocenters. The van der Waals surface area contributed by atoms with Crippen LogP contribution in [0.1, 0.15) is 21.8 Å². The van der Waals surface area contributed by atoms with Gasteiger partial charge < -0.3 is 0 Å². The van der Waals surface area contributed by atoms with Crippen molar-refractivity contribution < 1.29 is 22.9 Å². The van der Waals surface area contributed by atoms with Crippen LogP contribution >= 0.6 is 11.3 Å². The summed E-state index contributed by atoms with van der Waals surface area (Å²) in [5.41, 5.74) is -2.74. The Bertz CT molecular complexity index is 955. The second-order valence-corrected chi connectivity index (χ2v) is 7.05. The third-order valence-electron chi connectivity index (χ3n) is 4.26. The van der Waals surface area contributed by atoms with Crippen LogP contribution in [0.2, 0.25) is 0 Å². The molecule has 0 aliphatic rings. The third kappa shape index (κ3) is 3.68. The highest BCUT2D eigenvalue weighted by molar-refractivity contribution is 7.20. The maximum absolute atomic E-state index is 14.0. The van der Waals surface area contributed by atoms with Gasteiger partial charge in [0, 0.05) is 11.3 Å². The standard InChI is InChI=1S/C18H13F3N2O3S/c19-18(20,21)17(11-23(25)26,12-6-2-1-3-7-12)10-14(24)16-22-13-8-4-5-9-15(13)27-16/h1-9H,10-11H2/t17-/m1/s1. The molecule has 0 amide bonds. The number of thiazole rings is 1. The zero-order valence-electron chi connectivity index (χ0n) is 13.8. The Labute approximate surface area is 155 Å². The molecular weight excluding hydrogens is 381 g/mol. The van der Waals surface area contributed by atoms with Crippen molar-refractivity contribution >= 4 is 27.3 Å². The summed E-state index contributed by atoms with van der Waals surface area (Å²) >= 11 is 0.973. The Balaban J connectivity index is 2.07. The predicted molar refractivity (Wildman–Crippen MR) is 94.6 cm³/mol. The number of halogens is 3. The van der Waals surface area contributed by atoms with Gasteiger partial charge in [0.15, 0.2) is 16.2 Å². The fourth-order valence-corrected chi connectivity index (χ4v) is 3.82. The number of Topliss-reactive ketones (excluding diaryl/α,β-unsaturated/α-hetero) is 1. The van der Waals surface area contributed by atoms with E-state index in [0.717, 1.165) is 23.5 Å². The molecule has 2 aromatic carbocycles. The maximum Gasteiger partial charge on any atom is 0.405 e. The van der Waals surface area contributed by atoms with Crippen LogP contribution in [-0.2, 0) is 5.41 Å². The average Bonchev–Trinajstić information content (AvgIpc) is 3.05. The van der Waals surface area contributed by atoms with E-state index >= 15 is 0 Å². The molecular formula is C18H13F3N2O3S. The number of ketones is 1. The number of alkyl halides is 3. The number of benzene rings is 2. The highest BCUT2D eigenvalue weighted by Gasteiger charge is 2.60. The summed E-state index contributed by atoms with van der Waals surface area (Å²) in [7, 11) is 0. The highest BCUT2D eigenvalue weighted by Crippen LogP contribution is 2.45. The minimum Gasteiger partial charge on any atom is -0.291 e. The minimum atomic E-state index is -4.99. The first kappa shape index (κ1) is 19.0. The molecule has 0 aliphatic carbocycles. The van der Waals surface area contributed by atoms with Gasteiger partial charge in [-0.05, 0) is 17.7 Å². The van der Waals surface area contributed by atoms with Crippen molar-refractivity contribution in [3.63, 3.8) is 0 Å². The Hall–Kier alpha value is -2.81. The molecule has 0 saturated heterocycles. The molecule has 1 aromatic heterocycles. The molecule has 9 heteroatoms. The number of rotatable bonds is 6. The van der Waals surface area contributed by atoms with Gasteiger partial charge in [-0.1, -0.05) is 42.5 Å². The zero-order chi connectivity index (χ0) is 19.7. The summed E-state index contributed by atoms with van der Waals surface area (Å²) in [6.45, 7) is -1.43.